The van der Waals surface area contributed by atoms with Gasteiger partial charge in [0, 0.05) is 39.0 Å². The van der Waals surface area contributed by atoms with Gasteiger partial charge < -0.3 is 13.7 Å². The van der Waals surface area contributed by atoms with E-state index >= 15 is 0 Å². The van der Waals surface area contributed by atoms with Gasteiger partial charge in [-0.25, -0.2) is 4.98 Å². The predicted molar refractivity (Wildman–Crippen MR) is 192 cm³/mol. The number of aromatic nitrogens is 1. The number of rotatable bonds is 6. The first-order valence-corrected chi connectivity index (χ1v) is 14.6. The largest absolute Gasteiger partial charge is 0.455 e. The maximum absolute atomic E-state index is 9.20. The summed E-state index contributed by atoms with van der Waals surface area (Å²) in [5, 5.41) is 1.56. The van der Waals surface area contributed by atoms with E-state index in [1.165, 1.54) is 12.1 Å². The van der Waals surface area contributed by atoms with E-state index < -0.39 is 107 Å². The van der Waals surface area contributed by atoms with Crippen LogP contribution in [0.15, 0.2) is 178 Å². The summed E-state index contributed by atoms with van der Waals surface area (Å²) in [7, 11) is 0. The average Bonchev–Trinajstić information content (AvgIpc) is 3.88. The van der Waals surface area contributed by atoms with E-state index in [-0.39, 0.29) is 5.69 Å². The lowest BCUT2D eigenvalue weighted by Crippen LogP contribution is -2.09. The van der Waals surface area contributed by atoms with Gasteiger partial charge in [-0.2, -0.15) is 0 Å². The zero-order valence-corrected chi connectivity index (χ0v) is 24.3. The lowest BCUT2D eigenvalue weighted by Gasteiger charge is -2.26. The molecule has 0 amide bonds. The van der Waals surface area contributed by atoms with Crippen LogP contribution in [-0.4, -0.2) is 4.98 Å². The minimum atomic E-state index is -0.780. The number of furan rings is 1. The number of hydrogen-bond donors (Lipinski definition) is 0. The fraction of sp³-hybridized carbons (Fsp3) is 0. The molecule has 0 atom stereocenters. The molecule has 0 unspecified atom stereocenters. The highest BCUT2D eigenvalue weighted by Crippen LogP contribution is 2.42. The SMILES string of the molecule is [2H]c1c([2H])c([2H])c(-c2c([2H])c([2H])c(N(c3ccc(-c4cccc5c4oc4cccc(-c6nc7ccccc7o6)c45)cc3)c3c([2H])c([2H])c([2H])c([2H])c3[2H])c([2H])c2[2H])c([2H])c1[2H]. The first-order valence-electron chi connectivity index (χ1n) is 21.6. The van der Waals surface area contributed by atoms with Crippen LogP contribution in [0.5, 0.6) is 0 Å². The molecule has 7 aromatic carbocycles. The van der Waals surface area contributed by atoms with Gasteiger partial charge in [0.05, 0.1) is 19.2 Å². The molecule has 4 nitrogen and oxygen atoms in total. The fourth-order valence-electron chi connectivity index (χ4n) is 5.67. The molecule has 0 N–H and O–H groups in total. The fourth-order valence-corrected chi connectivity index (χ4v) is 5.67. The molecule has 0 aliphatic carbocycles. The summed E-state index contributed by atoms with van der Waals surface area (Å²) >= 11 is 0. The maximum Gasteiger partial charge on any atom is 0.228 e. The molecule has 9 rings (SSSR count). The van der Waals surface area contributed by atoms with Crippen LogP contribution in [0.25, 0.3) is 66.7 Å². The number of fused-ring (bicyclic) bond motifs is 4. The lowest BCUT2D eigenvalue weighted by atomic mass is 10.00. The van der Waals surface area contributed by atoms with Crippen LogP contribution in [0.2, 0.25) is 0 Å². The van der Waals surface area contributed by atoms with Crippen molar-refractivity contribution in [1.29, 1.82) is 0 Å². The van der Waals surface area contributed by atoms with Crippen molar-refractivity contribution < 1.29 is 28.0 Å². The normalized spacial score (nSPS) is 15.6. The Morgan fingerprint density at radius 2 is 1.15 bits per heavy atom. The van der Waals surface area contributed by atoms with Crippen molar-refractivity contribution in [3.05, 3.63) is 170 Å². The molecule has 0 saturated carbocycles. The van der Waals surface area contributed by atoms with E-state index in [0.717, 1.165) is 21.2 Å². The first-order chi connectivity index (χ1) is 29.1. The highest BCUT2D eigenvalue weighted by Gasteiger charge is 2.19. The van der Waals surface area contributed by atoms with E-state index in [1.807, 2.05) is 60.7 Å². The molecule has 0 spiro atoms. The Morgan fingerprint density at radius 3 is 1.94 bits per heavy atom. The maximum atomic E-state index is 9.20. The van der Waals surface area contributed by atoms with Crippen LogP contribution >= 0.6 is 0 Å². The number of benzene rings is 7. The van der Waals surface area contributed by atoms with E-state index in [0.29, 0.717) is 39.3 Å². The van der Waals surface area contributed by atoms with Crippen molar-refractivity contribution in [3.8, 4) is 33.7 Å². The Morgan fingerprint density at radius 1 is 0.489 bits per heavy atom. The topological polar surface area (TPSA) is 42.4 Å². The summed E-state index contributed by atoms with van der Waals surface area (Å²) in [6.07, 6.45) is 0. The zero-order chi connectivity index (χ0) is 43.3. The third-order valence-electron chi connectivity index (χ3n) is 7.78. The summed E-state index contributed by atoms with van der Waals surface area (Å²) in [4.78, 5) is 5.75. The van der Waals surface area contributed by atoms with Gasteiger partial charge in [0.25, 0.3) is 0 Å². The van der Waals surface area contributed by atoms with Crippen LogP contribution < -0.4 is 4.90 Å². The Kier molecular flexibility index (Phi) is 3.87. The number of anilines is 3. The van der Waals surface area contributed by atoms with E-state index in [2.05, 4.69) is 0 Å². The summed E-state index contributed by atoms with van der Waals surface area (Å²) in [5.74, 6) is 0.424. The Labute approximate surface area is 291 Å². The molecule has 0 radical (unpaired) electrons. The van der Waals surface area contributed by atoms with Gasteiger partial charge in [0.2, 0.25) is 5.89 Å². The Hall–Kier alpha value is -6.39. The Bertz CT molecular complexity index is 3210. The third kappa shape index (κ3) is 4.75. The minimum absolute atomic E-state index is 0.0914. The summed E-state index contributed by atoms with van der Waals surface area (Å²) in [6.45, 7) is 0. The molecule has 9 aromatic rings. The van der Waals surface area contributed by atoms with Gasteiger partial charge in [-0.15, -0.1) is 0 Å². The molecule has 2 heterocycles. The van der Waals surface area contributed by atoms with Gasteiger partial charge >= 0.3 is 0 Å². The first kappa shape index (κ1) is 16.3. The molecule has 47 heavy (non-hydrogen) atoms. The van der Waals surface area contributed by atoms with Crippen LogP contribution in [0.1, 0.15) is 19.2 Å². The van der Waals surface area contributed by atoms with Gasteiger partial charge in [0.1, 0.15) is 16.7 Å². The molecular formula is C43H28N2O2. The van der Waals surface area contributed by atoms with Crippen LogP contribution in [0.4, 0.5) is 17.1 Å². The summed E-state index contributed by atoms with van der Waals surface area (Å²) in [5.41, 5.74) is 2.50. The third-order valence-corrected chi connectivity index (χ3v) is 7.78. The smallest absolute Gasteiger partial charge is 0.228 e. The highest BCUT2D eigenvalue weighted by atomic mass is 16.3. The average molecular weight is 619 g/mol. The van der Waals surface area contributed by atoms with E-state index in [1.54, 1.807) is 12.1 Å². The monoisotopic (exact) mass is 618 g/mol. The summed E-state index contributed by atoms with van der Waals surface area (Å²) < 4.78 is 133. The van der Waals surface area contributed by atoms with E-state index in [9.17, 15) is 2.74 Å². The molecule has 222 valence electrons. The highest BCUT2D eigenvalue weighted by molar-refractivity contribution is 6.15. The second kappa shape index (κ2) is 11.2. The number of para-hydroxylation sites is 4. The van der Waals surface area contributed by atoms with Gasteiger partial charge in [-0.1, -0.05) is 109 Å². The molecule has 0 aliphatic rings. The number of hydrogen-bond acceptors (Lipinski definition) is 4. The predicted octanol–water partition coefficient (Wildman–Crippen LogP) is 12.2. The molecular weight excluding hydrogens is 576 g/mol. The van der Waals surface area contributed by atoms with Crippen LogP contribution in [0.3, 0.4) is 0 Å². The number of oxazole rings is 1. The molecule has 4 heteroatoms. The van der Waals surface area contributed by atoms with Crippen molar-refractivity contribution in [1.82, 2.24) is 4.98 Å². The molecule has 0 bridgehead atoms. The second-order valence-corrected chi connectivity index (χ2v) is 10.5. The Balaban J connectivity index is 1.23. The second-order valence-electron chi connectivity index (χ2n) is 10.5. The molecule has 0 fully saturated rings. The molecule has 0 saturated heterocycles. The molecule has 0 aliphatic heterocycles. The van der Waals surface area contributed by atoms with Crippen molar-refractivity contribution in [2.75, 3.05) is 4.90 Å². The van der Waals surface area contributed by atoms with Crippen molar-refractivity contribution >= 4 is 50.1 Å². The standard InChI is InChI=1S/C43H28N2O2/c1-3-11-29(12-4-1)30-21-25-33(26-22-30)45(32-13-5-2-6-14-32)34-27-23-31(24-28-34)35-15-9-16-36-41-37(17-10-20-40(41)46-42(35)36)43-44-38-18-7-8-19-39(38)47-43/h1-28H/i1D,2D,3D,4D,5D,6D,11D,12D,13D,14D,21D,22D,25D,26D. The quantitative estimate of drug-likeness (QED) is 0.186. The number of nitrogens with zero attached hydrogens (tertiary/aromatic N) is 2. The minimum Gasteiger partial charge on any atom is -0.455 e. The van der Waals surface area contributed by atoms with Gasteiger partial charge in [-0.05, 0) is 77.3 Å². The van der Waals surface area contributed by atoms with Crippen molar-refractivity contribution in [2.24, 2.45) is 0 Å². The lowest BCUT2D eigenvalue weighted by molar-refractivity contribution is 0.620. The van der Waals surface area contributed by atoms with Gasteiger partial charge in [-0.3, -0.25) is 0 Å². The summed E-state index contributed by atoms with van der Waals surface area (Å²) in [6, 6.07) is 14.9. The van der Waals surface area contributed by atoms with Crippen molar-refractivity contribution in [2.45, 2.75) is 0 Å². The molecule has 2 aromatic heterocycles. The van der Waals surface area contributed by atoms with Gasteiger partial charge in [0.15, 0.2) is 5.58 Å². The zero-order valence-electron chi connectivity index (χ0n) is 38.3. The van der Waals surface area contributed by atoms with Crippen LogP contribution in [-0.2, 0) is 0 Å². The van der Waals surface area contributed by atoms with E-state index in [4.69, 9.17) is 30.3 Å². The van der Waals surface area contributed by atoms with Crippen molar-refractivity contribution in [3.63, 3.8) is 0 Å². The van der Waals surface area contributed by atoms with Crippen LogP contribution in [0, 0.1) is 0 Å².